The number of hydrogen-bond acceptors (Lipinski definition) is 5. The van der Waals surface area contributed by atoms with Gasteiger partial charge in [-0.25, -0.2) is 9.97 Å². The van der Waals surface area contributed by atoms with Crippen LogP contribution in [0, 0.1) is 6.92 Å². The molecule has 1 aliphatic carbocycles. The quantitative estimate of drug-likeness (QED) is 0.742. The summed E-state index contributed by atoms with van der Waals surface area (Å²) in [4.78, 5) is 12.6. The number of hydrogen-bond donors (Lipinski definition) is 1. The monoisotopic (exact) mass is 383 g/mol. The molecular formula is C21H29N5S. The van der Waals surface area contributed by atoms with Crippen LogP contribution in [0.5, 0.6) is 0 Å². The first-order valence-corrected chi connectivity index (χ1v) is 11.4. The molecule has 0 spiro atoms. The second-order valence-corrected chi connectivity index (χ2v) is 8.99. The second kappa shape index (κ2) is 7.49. The first-order valence-electron chi connectivity index (χ1n) is 10.5. The fraction of sp³-hybridized carbons (Fsp3) is 0.619. The Balaban J connectivity index is 1.59. The van der Waals surface area contributed by atoms with E-state index in [4.69, 9.17) is 9.97 Å². The largest absolute Gasteiger partial charge is 0.325 e. The summed E-state index contributed by atoms with van der Waals surface area (Å²) in [6, 6.07) is 2.15. The van der Waals surface area contributed by atoms with E-state index in [0.29, 0.717) is 5.92 Å². The summed E-state index contributed by atoms with van der Waals surface area (Å²) in [6.45, 7) is 8.80. The lowest BCUT2D eigenvalue weighted by Gasteiger charge is -2.28. The van der Waals surface area contributed by atoms with Gasteiger partial charge < -0.3 is 9.88 Å². The number of fused-ring (bicyclic) bond motifs is 3. The predicted octanol–water partition coefficient (Wildman–Crippen LogP) is 3.91. The van der Waals surface area contributed by atoms with Crippen molar-refractivity contribution < 1.29 is 0 Å². The molecule has 2 aliphatic rings. The molecule has 0 amide bonds. The Hall–Kier alpha value is -1.50. The zero-order valence-electron chi connectivity index (χ0n) is 16.2. The van der Waals surface area contributed by atoms with Gasteiger partial charge in [0.15, 0.2) is 0 Å². The van der Waals surface area contributed by atoms with Crippen LogP contribution in [0.2, 0.25) is 0 Å². The van der Waals surface area contributed by atoms with E-state index in [-0.39, 0.29) is 0 Å². The Morgan fingerprint density at radius 3 is 2.74 bits per heavy atom. The van der Waals surface area contributed by atoms with Crippen molar-refractivity contribution in [3.63, 3.8) is 0 Å². The van der Waals surface area contributed by atoms with E-state index >= 15 is 0 Å². The number of piperazine rings is 1. The van der Waals surface area contributed by atoms with Gasteiger partial charge in [-0.15, -0.1) is 11.3 Å². The number of nitrogens with zero attached hydrogens (tertiary/aromatic N) is 4. The highest BCUT2D eigenvalue weighted by molar-refractivity contribution is 7.18. The van der Waals surface area contributed by atoms with Gasteiger partial charge in [0.1, 0.15) is 11.3 Å². The summed E-state index contributed by atoms with van der Waals surface area (Å²) >= 11 is 1.81. The summed E-state index contributed by atoms with van der Waals surface area (Å²) in [5, 5.41) is 5.63. The van der Waals surface area contributed by atoms with Crippen molar-refractivity contribution >= 4 is 32.6 Å². The molecular weight excluding hydrogens is 354 g/mol. The van der Waals surface area contributed by atoms with Gasteiger partial charge in [-0.2, -0.15) is 0 Å². The molecule has 3 aromatic heterocycles. The molecule has 0 aromatic carbocycles. The number of aromatic nitrogens is 3. The Labute approximate surface area is 164 Å². The van der Waals surface area contributed by atoms with E-state index in [1.54, 1.807) is 0 Å². The summed E-state index contributed by atoms with van der Waals surface area (Å²) in [6.07, 6.45) is 6.65. The normalized spacial score (nSPS) is 20.0. The molecule has 1 saturated heterocycles. The van der Waals surface area contributed by atoms with Crippen LogP contribution < -0.4 is 5.32 Å². The lowest BCUT2D eigenvalue weighted by molar-refractivity contribution is 0.231. The van der Waals surface area contributed by atoms with Gasteiger partial charge >= 0.3 is 0 Å². The van der Waals surface area contributed by atoms with Crippen LogP contribution in [0.25, 0.3) is 21.3 Å². The SMILES string of the molecule is Cc1nc2ccsc2c2c1nc(C1CCCCC1)n2CCN1CCNCC1. The minimum atomic E-state index is 0.614. The Morgan fingerprint density at radius 2 is 1.93 bits per heavy atom. The van der Waals surface area contributed by atoms with Gasteiger partial charge in [0.2, 0.25) is 0 Å². The molecule has 5 rings (SSSR count). The van der Waals surface area contributed by atoms with E-state index < -0.39 is 0 Å². The van der Waals surface area contributed by atoms with Gasteiger partial charge in [-0.05, 0) is 31.2 Å². The second-order valence-electron chi connectivity index (χ2n) is 8.08. The first-order chi connectivity index (χ1) is 13.3. The Kier molecular flexibility index (Phi) is 4.88. The number of imidazole rings is 1. The van der Waals surface area contributed by atoms with Crippen molar-refractivity contribution in [2.75, 3.05) is 32.7 Å². The van der Waals surface area contributed by atoms with Gasteiger partial charge in [0.25, 0.3) is 0 Å². The molecule has 3 aromatic rings. The molecule has 0 atom stereocenters. The summed E-state index contributed by atoms with van der Waals surface area (Å²) in [5.74, 6) is 1.94. The Bertz CT molecular complexity index is 931. The lowest BCUT2D eigenvalue weighted by atomic mass is 9.88. The van der Waals surface area contributed by atoms with E-state index in [2.05, 4.69) is 33.2 Å². The average Bonchev–Trinajstić information content (AvgIpc) is 3.32. The molecule has 27 heavy (non-hydrogen) atoms. The van der Waals surface area contributed by atoms with E-state index in [0.717, 1.165) is 56.0 Å². The fourth-order valence-corrected chi connectivity index (χ4v) is 5.71. The zero-order valence-corrected chi connectivity index (χ0v) is 17.0. The van der Waals surface area contributed by atoms with Gasteiger partial charge in [-0.1, -0.05) is 19.3 Å². The van der Waals surface area contributed by atoms with Crippen LogP contribution in [-0.4, -0.2) is 52.2 Å². The van der Waals surface area contributed by atoms with Crippen molar-refractivity contribution in [3.05, 3.63) is 23.0 Å². The highest BCUT2D eigenvalue weighted by Gasteiger charge is 2.25. The van der Waals surface area contributed by atoms with Gasteiger partial charge in [0.05, 0.1) is 21.4 Å². The molecule has 0 bridgehead atoms. The smallest absolute Gasteiger partial charge is 0.113 e. The third-order valence-electron chi connectivity index (χ3n) is 6.31. The predicted molar refractivity (Wildman–Crippen MR) is 113 cm³/mol. The molecule has 1 N–H and O–H groups in total. The molecule has 2 fully saturated rings. The minimum Gasteiger partial charge on any atom is -0.325 e. The third kappa shape index (κ3) is 3.28. The average molecular weight is 384 g/mol. The van der Waals surface area contributed by atoms with E-state index in [9.17, 15) is 0 Å². The highest BCUT2D eigenvalue weighted by atomic mass is 32.1. The molecule has 144 valence electrons. The number of aryl methyl sites for hydroxylation is 1. The summed E-state index contributed by atoms with van der Waals surface area (Å²) in [7, 11) is 0. The zero-order chi connectivity index (χ0) is 18.2. The number of thiophene rings is 1. The van der Waals surface area contributed by atoms with Crippen LogP contribution in [0.4, 0.5) is 0 Å². The van der Waals surface area contributed by atoms with Crippen LogP contribution >= 0.6 is 11.3 Å². The molecule has 1 saturated carbocycles. The maximum atomic E-state index is 5.21. The van der Waals surface area contributed by atoms with E-state index in [1.807, 2.05) is 11.3 Å². The molecule has 6 heteroatoms. The standard InChI is InChI=1S/C21H29N5S/c1-15-18-19(20-17(23-15)7-14-27-20)26(13-12-25-10-8-22-9-11-25)21(24-18)16-5-3-2-4-6-16/h7,14,16,22H,2-6,8-13H2,1H3. The van der Waals surface area contributed by atoms with Crippen molar-refractivity contribution in [1.29, 1.82) is 0 Å². The highest BCUT2D eigenvalue weighted by Crippen LogP contribution is 2.37. The fourth-order valence-electron chi connectivity index (χ4n) is 4.83. The van der Waals surface area contributed by atoms with Crippen molar-refractivity contribution in [2.45, 2.75) is 51.5 Å². The minimum absolute atomic E-state index is 0.614. The van der Waals surface area contributed by atoms with Crippen molar-refractivity contribution in [2.24, 2.45) is 0 Å². The van der Waals surface area contributed by atoms with Gasteiger partial charge in [0, 0.05) is 45.2 Å². The van der Waals surface area contributed by atoms with Crippen molar-refractivity contribution in [3.8, 4) is 0 Å². The maximum Gasteiger partial charge on any atom is 0.113 e. The maximum absolute atomic E-state index is 5.21. The Morgan fingerprint density at radius 1 is 1.11 bits per heavy atom. The summed E-state index contributed by atoms with van der Waals surface area (Å²) in [5.41, 5.74) is 4.67. The molecule has 4 heterocycles. The molecule has 0 unspecified atom stereocenters. The van der Waals surface area contributed by atoms with Crippen LogP contribution in [0.3, 0.4) is 0 Å². The number of pyridine rings is 1. The number of nitrogens with one attached hydrogen (secondary N) is 1. The third-order valence-corrected chi connectivity index (χ3v) is 7.22. The first kappa shape index (κ1) is 17.6. The van der Waals surface area contributed by atoms with Crippen LogP contribution in [0.1, 0.15) is 49.5 Å². The van der Waals surface area contributed by atoms with E-state index in [1.165, 1.54) is 48.1 Å². The topological polar surface area (TPSA) is 46.0 Å². The molecule has 5 nitrogen and oxygen atoms in total. The molecule has 0 radical (unpaired) electrons. The summed E-state index contributed by atoms with van der Waals surface area (Å²) < 4.78 is 3.88. The van der Waals surface area contributed by atoms with Gasteiger partial charge in [-0.3, -0.25) is 4.90 Å². The van der Waals surface area contributed by atoms with Crippen LogP contribution in [-0.2, 0) is 6.54 Å². The van der Waals surface area contributed by atoms with Crippen molar-refractivity contribution in [1.82, 2.24) is 24.8 Å². The van der Waals surface area contributed by atoms with Crippen LogP contribution in [0.15, 0.2) is 11.4 Å². The lowest BCUT2D eigenvalue weighted by Crippen LogP contribution is -2.44. The number of rotatable bonds is 4. The molecule has 1 aliphatic heterocycles.